The highest BCUT2D eigenvalue weighted by atomic mass is 15.4. The lowest BCUT2D eigenvalue weighted by Gasteiger charge is -2.35. The Balaban J connectivity index is 1.68. The average Bonchev–Trinajstić information content (AvgIpc) is 3.00. The Kier molecular flexibility index (Phi) is 3.49. The maximum atomic E-state index is 6.03. The molecule has 2 N–H and O–H groups in total. The Morgan fingerprint density at radius 2 is 2.15 bits per heavy atom. The predicted molar refractivity (Wildman–Crippen MR) is 82.5 cm³/mol. The van der Waals surface area contributed by atoms with Crippen LogP contribution in [-0.2, 0) is 6.54 Å². The van der Waals surface area contributed by atoms with Crippen molar-refractivity contribution < 1.29 is 0 Å². The molecule has 4 heteroatoms. The molecule has 2 heterocycles. The molecule has 1 unspecified atom stereocenters. The molecule has 0 amide bonds. The minimum absolute atomic E-state index is 0.0903. The molecule has 3 rings (SSSR count). The van der Waals surface area contributed by atoms with Gasteiger partial charge < -0.3 is 10.6 Å². The topological polar surface area (TPSA) is 44.9 Å². The van der Waals surface area contributed by atoms with E-state index in [1.807, 2.05) is 6.08 Å². The van der Waals surface area contributed by atoms with Crippen molar-refractivity contribution >= 4 is 5.96 Å². The number of aliphatic imine (C=N–C) groups is 1. The fraction of sp³-hybridized carbons (Fsp3) is 0.438. The van der Waals surface area contributed by atoms with Crippen LogP contribution in [0, 0.1) is 0 Å². The summed E-state index contributed by atoms with van der Waals surface area (Å²) in [4.78, 5) is 9.19. The second-order valence-electron chi connectivity index (χ2n) is 5.74. The summed E-state index contributed by atoms with van der Waals surface area (Å²) >= 11 is 0. The van der Waals surface area contributed by atoms with Gasteiger partial charge in [-0.2, -0.15) is 0 Å². The fourth-order valence-electron chi connectivity index (χ4n) is 3.32. The zero-order chi connectivity index (χ0) is 14.0. The smallest absolute Gasteiger partial charge is 0.192 e. The van der Waals surface area contributed by atoms with Gasteiger partial charge in [0.25, 0.3) is 0 Å². The normalized spacial score (nSPS) is 26.2. The summed E-state index contributed by atoms with van der Waals surface area (Å²) in [6.07, 6.45) is 3.03. The van der Waals surface area contributed by atoms with Gasteiger partial charge in [-0.1, -0.05) is 36.4 Å². The molecule has 0 bridgehead atoms. The third-order valence-electron chi connectivity index (χ3n) is 4.36. The van der Waals surface area contributed by atoms with Crippen LogP contribution in [0.2, 0.25) is 0 Å². The fourth-order valence-corrected chi connectivity index (χ4v) is 3.32. The molecule has 1 aromatic rings. The van der Waals surface area contributed by atoms with Crippen molar-refractivity contribution in [2.45, 2.75) is 18.5 Å². The predicted octanol–water partition coefficient (Wildman–Crippen LogP) is 1.45. The van der Waals surface area contributed by atoms with Gasteiger partial charge in [-0.3, -0.25) is 9.89 Å². The van der Waals surface area contributed by atoms with Crippen LogP contribution in [0.5, 0.6) is 0 Å². The monoisotopic (exact) mass is 270 g/mol. The SMILES string of the molecule is C=CCN1C(N)=NCC12CCN(Cc1ccccc1)C2. The van der Waals surface area contributed by atoms with Crippen molar-refractivity contribution in [2.24, 2.45) is 10.7 Å². The second-order valence-corrected chi connectivity index (χ2v) is 5.74. The molecule has 0 radical (unpaired) electrons. The van der Waals surface area contributed by atoms with Crippen LogP contribution in [0.15, 0.2) is 48.0 Å². The molecule has 0 aromatic heterocycles. The highest BCUT2D eigenvalue weighted by molar-refractivity contribution is 5.81. The molecule has 4 nitrogen and oxygen atoms in total. The first kappa shape index (κ1) is 13.2. The van der Waals surface area contributed by atoms with E-state index in [-0.39, 0.29) is 5.54 Å². The largest absolute Gasteiger partial charge is 0.370 e. The van der Waals surface area contributed by atoms with Crippen molar-refractivity contribution in [3.63, 3.8) is 0 Å². The van der Waals surface area contributed by atoms with Gasteiger partial charge in [0.15, 0.2) is 5.96 Å². The molecule has 0 aliphatic carbocycles. The van der Waals surface area contributed by atoms with E-state index in [1.165, 1.54) is 5.56 Å². The Bertz CT molecular complexity index is 510. The van der Waals surface area contributed by atoms with Gasteiger partial charge in [-0.25, -0.2) is 0 Å². The molecule has 2 aliphatic rings. The van der Waals surface area contributed by atoms with E-state index in [0.717, 1.165) is 39.1 Å². The Labute approximate surface area is 120 Å². The van der Waals surface area contributed by atoms with Gasteiger partial charge >= 0.3 is 0 Å². The van der Waals surface area contributed by atoms with Gasteiger partial charge in [0.2, 0.25) is 0 Å². The summed E-state index contributed by atoms with van der Waals surface area (Å²) in [5.74, 6) is 0.673. The molecule has 0 saturated carbocycles. The van der Waals surface area contributed by atoms with Gasteiger partial charge in [-0.05, 0) is 12.0 Å². The summed E-state index contributed by atoms with van der Waals surface area (Å²) in [7, 11) is 0. The van der Waals surface area contributed by atoms with Crippen LogP contribution < -0.4 is 5.73 Å². The maximum absolute atomic E-state index is 6.03. The molecule has 1 aromatic carbocycles. The summed E-state index contributed by atoms with van der Waals surface area (Å²) in [5.41, 5.74) is 7.48. The molecular formula is C16H22N4. The second kappa shape index (κ2) is 5.29. The first-order chi connectivity index (χ1) is 9.73. The van der Waals surface area contributed by atoms with Crippen LogP contribution in [0.25, 0.3) is 0 Å². The van der Waals surface area contributed by atoms with Crippen molar-refractivity contribution in [1.29, 1.82) is 0 Å². The zero-order valence-corrected chi connectivity index (χ0v) is 11.8. The lowest BCUT2D eigenvalue weighted by atomic mass is 9.97. The van der Waals surface area contributed by atoms with Gasteiger partial charge in [0, 0.05) is 26.2 Å². The van der Waals surface area contributed by atoms with Gasteiger partial charge in [0.1, 0.15) is 0 Å². The standard InChI is InChI=1S/C16H22N4/c1-2-9-20-15(17)18-12-16(20)8-10-19(13-16)11-14-6-4-3-5-7-14/h2-7H,1,8-13H2,(H2,17,18). The van der Waals surface area contributed by atoms with Crippen molar-refractivity contribution in [3.05, 3.63) is 48.6 Å². The van der Waals surface area contributed by atoms with E-state index < -0.39 is 0 Å². The molecule has 1 atom stereocenters. The molecule has 2 aliphatic heterocycles. The first-order valence-corrected chi connectivity index (χ1v) is 7.18. The van der Waals surface area contributed by atoms with Crippen LogP contribution in [0.4, 0.5) is 0 Å². The molecular weight excluding hydrogens is 248 g/mol. The van der Waals surface area contributed by atoms with Crippen molar-refractivity contribution in [3.8, 4) is 0 Å². The van der Waals surface area contributed by atoms with Crippen LogP contribution in [0.3, 0.4) is 0 Å². The number of nitrogens with zero attached hydrogens (tertiary/aromatic N) is 3. The highest BCUT2D eigenvalue weighted by Crippen LogP contribution is 2.32. The third-order valence-corrected chi connectivity index (χ3v) is 4.36. The van der Waals surface area contributed by atoms with E-state index in [9.17, 15) is 0 Å². The maximum Gasteiger partial charge on any atom is 0.192 e. The summed E-state index contributed by atoms with van der Waals surface area (Å²) < 4.78 is 0. The molecule has 1 saturated heterocycles. The van der Waals surface area contributed by atoms with Gasteiger partial charge in [0.05, 0.1) is 12.1 Å². The van der Waals surface area contributed by atoms with E-state index >= 15 is 0 Å². The lowest BCUT2D eigenvalue weighted by Crippen LogP contribution is -2.53. The zero-order valence-electron chi connectivity index (χ0n) is 11.8. The number of hydrogen-bond donors (Lipinski definition) is 1. The number of benzene rings is 1. The molecule has 106 valence electrons. The highest BCUT2D eigenvalue weighted by Gasteiger charge is 2.46. The minimum atomic E-state index is 0.0903. The Morgan fingerprint density at radius 1 is 1.35 bits per heavy atom. The molecule has 1 fully saturated rings. The average molecular weight is 270 g/mol. The molecule has 20 heavy (non-hydrogen) atoms. The number of hydrogen-bond acceptors (Lipinski definition) is 4. The Morgan fingerprint density at radius 3 is 2.90 bits per heavy atom. The van der Waals surface area contributed by atoms with Crippen LogP contribution >= 0.6 is 0 Å². The summed E-state index contributed by atoms with van der Waals surface area (Å²) in [6.45, 7) is 8.57. The first-order valence-electron chi connectivity index (χ1n) is 7.18. The quantitative estimate of drug-likeness (QED) is 0.842. The minimum Gasteiger partial charge on any atom is -0.370 e. The van der Waals surface area contributed by atoms with Gasteiger partial charge in [-0.15, -0.1) is 6.58 Å². The van der Waals surface area contributed by atoms with E-state index in [4.69, 9.17) is 5.73 Å². The van der Waals surface area contributed by atoms with E-state index in [2.05, 4.69) is 51.7 Å². The number of likely N-dealkylation sites (tertiary alicyclic amines) is 1. The van der Waals surface area contributed by atoms with E-state index in [1.54, 1.807) is 0 Å². The van der Waals surface area contributed by atoms with Crippen LogP contribution in [-0.4, -0.2) is 47.5 Å². The summed E-state index contributed by atoms with van der Waals surface area (Å²) in [6, 6.07) is 10.6. The third kappa shape index (κ3) is 2.31. The van der Waals surface area contributed by atoms with Crippen molar-refractivity contribution in [1.82, 2.24) is 9.80 Å². The van der Waals surface area contributed by atoms with E-state index in [0.29, 0.717) is 5.96 Å². The lowest BCUT2D eigenvalue weighted by molar-refractivity contribution is 0.206. The number of nitrogens with two attached hydrogens (primary N) is 1. The number of rotatable bonds is 4. The summed E-state index contributed by atoms with van der Waals surface area (Å²) in [5, 5.41) is 0. The van der Waals surface area contributed by atoms with Crippen LogP contribution in [0.1, 0.15) is 12.0 Å². The molecule has 1 spiro atoms. The number of guanidine groups is 1. The Hall–Kier alpha value is -1.81. The van der Waals surface area contributed by atoms with Crippen molar-refractivity contribution in [2.75, 3.05) is 26.2 Å².